The van der Waals surface area contributed by atoms with Gasteiger partial charge in [-0.2, -0.15) is 0 Å². The first-order valence-corrected chi connectivity index (χ1v) is 6.72. The molecule has 0 aromatic carbocycles. The molecular formula is C13H25N3O3. The van der Waals surface area contributed by atoms with Gasteiger partial charge in [0, 0.05) is 45.7 Å². The van der Waals surface area contributed by atoms with E-state index < -0.39 is 11.4 Å². The predicted molar refractivity (Wildman–Crippen MR) is 73.0 cm³/mol. The first kappa shape index (κ1) is 15.9. The molecule has 0 saturated carbocycles. The molecule has 1 aliphatic rings. The lowest BCUT2D eigenvalue weighted by Gasteiger charge is -2.32. The first-order chi connectivity index (χ1) is 8.81. The SMILES string of the molecule is CN1CCN(CCNC(=O)CC(C)(C)C(=O)O)CC1. The smallest absolute Gasteiger partial charge is 0.309 e. The highest BCUT2D eigenvalue weighted by molar-refractivity contribution is 5.84. The molecule has 1 rings (SSSR count). The van der Waals surface area contributed by atoms with Gasteiger partial charge in [0.25, 0.3) is 0 Å². The van der Waals surface area contributed by atoms with Crippen molar-refractivity contribution in [3.8, 4) is 0 Å². The molecule has 0 bridgehead atoms. The van der Waals surface area contributed by atoms with Gasteiger partial charge >= 0.3 is 5.97 Å². The summed E-state index contributed by atoms with van der Waals surface area (Å²) in [6.45, 7) is 8.69. The van der Waals surface area contributed by atoms with Crippen molar-refractivity contribution in [2.45, 2.75) is 20.3 Å². The molecule has 2 N–H and O–H groups in total. The zero-order valence-electron chi connectivity index (χ0n) is 12.1. The number of likely N-dealkylation sites (N-methyl/N-ethyl adjacent to an activating group) is 1. The van der Waals surface area contributed by atoms with Crippen LogP contribution in [0.4, 0.5) is 0 Å². The van der Waals surface area contributed by atoms with Crippen molar-refractivity contribution in [1.29, 1.82) is 0 Å². The molecule has 0 unspecified atom stereocenters. The van der Waals surface area contributed by atoms with Crippen LogP contribution in [0.5, 0.6) is 0 Å². The van der Waals surface area contributed by atoms with Gasteiger partial charge in [0.15, 0.2) is 0 Å². The van der Waals surface area contributed by atoms with Gasteiger partial charge in [-0.1, -0.05) is 0 Å². The van der Waals surface area contributed by atoms with E-state index in [-0.39, 0.29) is 12.3 Å². The van der Waals surface area contributed by atoms with Crippen LogP contribution in [-0.4, -0.2) is 73.1 Å². The summed E-state index contributed by atoms with van der Waals surface area (Å²) in [6.07, 6.45) is 0.0189. The summed E-state index contributed by atoms with van der Waals surface area (Å²) < 4.78 is 0. The Morgan fingerprint density at radius 1 is 1.21 bits per heavy atom. The minimum atomic E-state index is -1.00. The van der Waals surface area contributed by atoms with Gasteiger partial charge in [-0.05, 0) is 20.9 Å². The number of rotatable bonds is 6. The number of amides is 1. The molecule has 0 aromatic heterocycles. The Morgan fingerprint density at radius 2 is 1.79 bits per heavy atom. The van der Waals surface area contributed by atoms with Crippen LogP contribution in [0, 0.1) is 5.41 Å². The molecule has 1 aliphatic heterocycles. The second kappa shape index (κ2) is 6.86. The Bertz CT molecular complexity index is 323. The van der Waals surface area contributed by atoms with E-state index in [0.717, 1.165) is 32.7 Å². The topological polar surface area (TPSA) is 72.9 Å². The number of nitrogens with one attached hydrogen (secondary N) is 1. The zero-order chi connectivity index (χ0) is 14.5. The standard InChI is InChI=1S/C13H25N3O3/c1-13(2,12(18)19)10-11(17)14-4-5-16-8-6-15(3)7-9-16/h4-10H2,1-3H3,(H,14,17)(H,18,19). The molecule has 110 valence electrons. The van der Waals surface area contributed by atoms with E-state index >= 15 is 0 Å². The number of carboxylic acids is 1. The Hall–Kier alpha value is -1.14. The molecule has 0 aliphatic carbocycles. The number of hydrogen-bond acceptors (Lipinski definition) is 4. The summed E-state index contributed by atoms with van der Waals surface area (Å²) in [7, 11) is 2.10. The molecule has 0 spiro atoms. The van der Waals surface area contributed by atoms with E-state index in [1.807, 2.05) is 0 Å². The molecule has 1 amide bonds. The second-order valence-corrected chi connectivity index (χ2v) is 5.86. The fourth-order valence-corrected chi connectivity index (χ4v) is 1.96. The average molecular weight is 271 g/mol. The van der Waals surface area contributed by atoms with E-state index in [4.69, 9.17) is 5.11 Å². The summed E-state index contributed by atoms with van der Waals surface area (Å²) >= 11 is 0. The number of hydrogen-bond donors (Lipinski definition) is 2. The fraction of sp³-hybridized carbons (Fsp3) is 0.846. The average Bonchev–Trinajstić information content (AvgIpc) is 2.31. The molecule has 1 saturated heterocycles. The van der Waals surface area contributed by atoms with Crippen LogP contribution in [0.3, 0.4) is 0 Å². The highest BCUT2D eigenvalue weighted by Gasteiger charge is 2.29. The van der Waals surface area contributed by atoms with E-state index in [9.17, 15) is 9.59 Å². The van der Waals surface area contributed by atoms with Crippen molar-refractivity contribution in [2.24, 2.45) is 5.41 Å². The number of carbonyl (C=O) groups is 2. The minimum absolute atomic E-state index is 0.0189. The van der Waals surface area contributed by atoms with E-state index in [2.05, 4.69) is 22.2 Å². The fourth-order valence-electron chi connectivity index (χ4n) is 1.96. The van der Waals surface area contributed by atoms with Crippen molar-refractivity contribution in [3.63, 3.8) is 0 Å². The lowest BCUT2D eigenvalue weighted by molar-refractivity contribution is -0.149. The third-order valence-corrected chi connectivity index (χ3v) is 3.53. The molecule has 6 nitrogen and oxygen atoms in total. The summed E-state index contributed by atoms with van der Waals surface area (Å²) in [4.78, 5) is 27.2. The highest BCUT2D eigenvalue weighted by Crippen LogP contribution is 2.19. The van der Waals surface area contributed by atoms with Crippen molar-refractivity contribution >= 4 is 11.9 Å². The van der Waals surface area contributed by atoms with Crippen LogP contribution in [-0.2, 0) is 9.59 Å². The lowest BCUT2D eigenvalue weighted by Crippen LogP contribution is -2.47. The van der Waals surface area contributed by atoms with Crippen LogP contribution in [0.1, 0.15) is 20.3 Å². The van der Waals surface area contributed by atoms with Crippen LogP contribution in [0.15, 0.2) is 0 Å². The maximum atomic E-state index is 11.7. The third-order valence-electron chi connectivity index (χ3n) is 3.53. The molecule has 0 radical (unpaired) electrons. The summed E-state index contributed by atoms with van der Waals surface area (Å²) in [5, 5.41) is 11.7. The van der Waals surface area contributed by atoms with Gasteiger partial charge in [0.1, 0.15) is 0 Å². The Balaban J connectivity index is 2.19. The maximum Gasteiger partial charge on any atom is 0.309 e. The quantitative estimate of drug-likeness (QED) is 0.703. The van der Waals surface area contributed by atoms with Gasteiger partial charge in [0.05, 0.1) is 5.41 Å². The molecule has 19 heavy (non-hydrogen) atoms. The monoisotopic (exact) mass is 271 g/mol. The number of aliphatic carboxylic acids is 1. The number of piperazine rings is 1. The van der Waals surface area contributed by atoms with Gasteiger partial charge in [-0.25, -0.2) is 0 Å². The number of carboxylic acid groups (broad SMARTS) is 1. The summed E-state index contributed by atoms with van der Waals surface area (Å²) in [6, 6.07) is 0. The maximum absolute atomic E-state index is 11.7. The Labute approximate surface area is 114 Å². The normalized spacial score (nSPS) is 18.3. The van der Waals surface area contributed by atoms with Crippen molar-refractivity contribution < 1.29 is 14.7 Å². The molecule has 1 fully saturated rings. The van der Waals surface area contributed by atoms with Crippen LogP contribution < -0.4 is 5.32 Å². The van der Waals surface area contributed by atoms with Crippen LogP contribution >= 0.6 is 0 Å². The van der Waals surface area contributed by atoms with Gasteiger partial charge < -0.3 is 15.3 Å². The first-order valence-electron chi connectivity index (χ1n) is 6.72. The molecular weight excluding hydrogens is 246 g/mol. The van der Waals surface area contributed by atoms with Gasteiger partial charge in [-0.3, -0.25) is 14.5 Å². The minimum Gasteiger partial charge on any atom is -0.481 e. The highest BCUT2D eigenvalue weighted by atomic mass is 16.4. The van der Waals surface area contributed by atoms with Gasteiger partial charge in [-0.15, -0.1) is 0 Å². The molecule has 1 heterocycles. The molecule has 6 heteroatoms. The summed E-state index contributed by atoms with van der Waals surface area (Å²) in [5.74, 6) is -1.14. The second-order valence-electron chi connectivity index (χ2n) is 5.86. The number of nitrogens with zero attached hydrogens (tertiary/aromatic N) is 2. The van der Waals surface area contributed by atoms with Crippen molar-refractivity contribution in [1.82, 2.24) is 15.1 Å². The lowest BCUT2D eigenvalue weighted by atomic mass is 9.89. The third kappa shape index (κ3) is 5.57. The van der Waals surface area contributed by atoms with E-state index in [1.165, 1.54) is 0 Å². The van der Waals surface area contributed by atoms with Crippen molar-refractivity contribution in [2.75, 3.05) is 46.3 Å². The summed E-state index contributed by atoms with van der Waals surface area (Å²) in [5.41, 5.74) is -1.00. The van der Waals surface area contributed by atoms with Crippen molar-refractivity contribution in [3.05, 3.63) is 0 Å². The Kier molecular flexibility index (Phi) is 5.75. The van der Waals surface area contributed by atoms with E-state index in [0.29, 0.717) is 6.54 Å². The molecule has 0 aromatic rings. The predicted octanol–water partition coefficient (Wildman–Crippen LogP) is -0.149. The largest absolute Gasteiger partial charge is 0.481 e. The van der Waals surface area contributed by atoms with Crippen LogP contribution in [0.25, 0.3) is 0 Å². The Morgan fingerprint density at radius 3 is 2.32 bits per heavy atom. The number of carbonyl (C=O) groups excluding carboxylic acids is 1. The van der Waals surface area contributed by atoms with E-state index in [1.54, 1.807) is 13.8 Å². The molecule has 0 atom stereocenters. The van der Waals surface area contributed by atoms with Gasteiger partial charge in [0.2, 0.25) is 5.91 Å². The van der Waals surface area contributed by atoms with Crippen LogP contribution in [0.2, 0.25) is 0 Å². The zero-order valence-corrected chi connectivity index (χ0v) is 12.1.